The van der Waals surface area contributed by atoms with Crippen molar-refractivity contribution in [1.82, 2.24) is 0 Å². The van der Waals surface area contributed by atoms with Gasteiger partial charge in [0.2, 0.25) is 0 Å². The number of aliphatic hydroxyl groups is 1. The van der Waals surface area contributed by atoms with Crippen molar-refractivity contribution in [3.05, 3.63) is 60.8 Å². The van der Waals surface area contributed by atoms with Gasteiger partial charge in [-0.2, -0.15) is 0 Å². The number of ether oxygens (including phenoxy) is 2. The van der Waals surface area contributed by atoms with Crippen LogP contribution in [0.25, 0.3) is 0 Å². The van der Waals surface area contributed by atoms with Crippen molar-refractivity contribution in [1.29, 1.82) is 0 Å². The molecule has 1 N–H and O–H groups in total. The Morgan fingerprint density at radius 2 is 0.500 bits per heavy atom. The summed E-state index contributed by atoms with van der Waals surface area (Å²) in [6, 6.07) is 0. The molecule has 5 nitrogen and oxygen atoms in total. The molecule has 5 heteroatoms. The highest BCUT2D eigenvalue weighted by Gasteiger charge is 2.16. The normalized spacial score (nSPS) is 12.5. The fraction of sp³-hybridized carbons (Fsp3) is 0.852. The molecule has 504 valence electrons. The Kier molecular flexibility index (Phi) is 74.7. The number of carbonyl (C=O) groups is 2. The van der Waals surface area contributed by atoms with Gasteiger partial charge >= 0.3 is 11.9 Å². The van der Waals surface area contributed by atoms with Crippen molar-refractivity contribution in [3.63, 3.8) is 0 Å². The molecule has 0 saturated heterocycles. The Labute approximate surface area is 538 Å². The SMILES string of the molecule is CC/C=C\C/C=C\C/C=C\C/C=C\C/C=C\CCCCCCCCCCCCCCCCCCCCCC(=O)OC(CO)COC(=O)CCCCCCCCCCCCCCCCCCCCCCCCCCCCCCCCCCCCCCC. The summed E-state index contributed by atoms with van der Waals surface area (Å²) in [4.78, 5) is 24.7. The van der Waals surface area contributed by atoms with E-state index in [2.05, 4.69) is 74.6 Å². The van der Waals surface area contributed by atoms with Crippen molar-refractivity contribution in [2.24, 2.45) is 0 Å². The van der Waals surface area contributed by atoms with E-state index in [-0.39, 0.29) is 25.2 Å². The fourth-order valence-electron chi connectivity index (χ4n) is 12.1. The van der Waals surface area contributed by atoms with Gasteiger partial charge in [0, 0.05) is 12.8 Å². The number of carbonyl (C=O) groups excluding carboxylic acids is 2. The van der Waals surface area contributed by atoms with Crippen molar-refractivity contribution < 1.29 is 24.2 Å². The molecule has 1 unspecified atom stereocenters. The van der Waals surface area contributed by atoms with Crippen LogP contribution in [-0.2, 0) is 19.1 Å². The van der Waals surface area contributed by atoms with Gasteiger partial charge in [0.15, 0.2) is 6.10 Å². The van der Waals surface area contributed by atoms with Crippen molar-refractivity contribution >= 4 is 11.9 Å². The molecule has 0 fully saturated rings. The second-order valence-electron chi connectivity index (χ2n) is 26.4. The summed E-state index contributed by atoms with van der Waals surface area (Å²) in [7, 11) is 0. The Morgan fingerprint density at radius 1 is 0.279 bits per heavy atom. The first-order valence-corrected chi connectivity index (χ1v) is 38.8. The average Bonchev–Trinajstić information content (AvgIpc) is 3.55. The van der Waals surface area contributed by atoms with Crippen molar-refractivity contribution in [3.8, 4) is 0 Å². The van der Waals surface area contributed by atoms with Crippen LogP contribution >= 0.6 is 0 Å². The molecule has 0 radical (unpaired) electrons. The molecule has 0 saturated carbocycles. The second kappa shape index (κ2) is 76.8. The first-order chi connectivity index (χ1) is 42.6. The molecule has 86 heavy (non-hydrogen) atoms. The molecule has 0 aliphatic carbocycles. The highest BCUT2D eigenvalue weighted by atomic mass is 16.6. The van der Waals surface area contributed by atoms with E-state index in [9.17, 15) is 14.7 Å². The van der Waals surface area contributed by atoms with Crippen LogP contribution in [0.1, 0.15) is 425 Å². The standard InChI is InChI=1S/C81H150O5/c1-3-5-7-9-11-13-15-17-19-21-23-25-27-29-31-33-35-37-39-40-42-43-45-47-49-51-53-55-57-59-61-63-65-67-69-71-73-75-80(83)85-78-79(77-82)86-81(84)76-74-72-70-68-66-64-62-60-58-56-54-52-50-48-46-44-41-38-36-34-32-30-28-26-24-22-20-18-16-14-12-10-8-6-4-2/h6,8,12,14,18,20,24,26,30,32,79,82H,3-5,7,9-11,13,15-17,19,21-23,25,27-29,31,33-78H2,1-2H3/b8-6-,14-12-,20-18-,26-24-,32-30-. The van der Waals surface area contributed by atoms with Crippen LogP contribution in [0.5, 0.6) is 0 Å². The van der Waals surface area contributed by atoms with Gasteiger partial charge in [-0.05, 0) is 57.8 Å². The monoisotopic (exact) mass is 1200 g/mol. The number of aliphatic hydroxyl groups excluding tert-OH is 1. The van der Waals surface area contributed by atoms with Gasteiger partial charge in [-0.3, -0.25) is 9.59 Å². The molecule has 0 aromatic rings. The van der Waals surface area contributed by atoms with E-state index < -0.39 is 6.10 Å². The van der Waals surface area contributed by atoms with Gasteiger partial charge in [0.1, 0.15) is 6.61 Å². The van der Waals surface area contributed by atoms with Gasteiger partial charge in [0.25, 0.3) is 0 Å². The molecule has 0 aliphatic rings. The molecule has 0 amide bonds. The third kappa shape index (κ3) is 74.1. The zero-order chi connectivity index (χ0) is 61.9. The molecule has 0 spiro atoms. The van der Waals surface area contributed by atoms with Crippen molar-refractivity contribution in [2.75, 3.05) is 13.2 Å². The Hall–Kier alpha value is -2.40. The molecular weight excluding hydrogens is 1050 g/mol. The molecular formula is C81H150O5. The smallest absolute Gasteiger partial charge is 0.306 e. The van der Waals surface area contributed by atoms with Gasteiger partial charge in [0.05, 0.1) is 6.61 Å². The van der Waals surface area contributed by atoms with Gasteiger partial charge in [-0.15, -0.1) is 0 Å². The first-order valence-electron chi connectivity index (χ1n) is 38.8. The van der Waals surface area contributed by atoms with E-state index in [1.807, 2.05) is 0 Å². The van der Waals surface area contributed by atoms with Gasteiger partial charge < -0.3 is 14.6 Å². The number of hydrogen-bond acceptors (Lipinski definition) is 5. The number of allylic oxidation sites excluding steroid dienone is 10. The van der Waals surface area contributed by atoms with Crippen LogP contribution in [0.4, 0.5) is 0 Å². The third-order valence-corrected chi connectivity index (χ3v) is 17.8. The van der Waals surface area contributed by atoms with E-state index in [0.29, 0.717) is 12.8 Å². The molecule has 0 rings (SSSR count). The second-order valence-corrected chi connectivity index (χ2v) is 26.4. The maximum absolute atomic E-state index is 12.4. The summed E-state index contributed by atoms with van der Waals surface area (Å²) >= 11 is 0. The topological polar surface area (TPSA) is 72.8 Å². The average molecular weight is 1200 g/mol. The molecule has 0 heterocycles. The third-order valence-electron chi connectivity index (χ3n) is 17.8. The molecule has 0 aromatic heterocycles. The molecule has 0 aromatic carbocycles. The number of unbranched alkanes of at least 4 members (excludes halogenated alkanes) is 55. The Balaban J connectivity index is 3.37. The highest BCUT2D eigenvalue weighted by Crippen LogP contribution is 2.20. The maximum atomic E-state index is 12.4. The Morgan fingerprint density at radius 3 is 0.756 bits per heavy atom. The van der Waals surface area contributed by atoms with Crippen LogP contribution in [0.3, 0.4) is 0 Å². The van der Waals surface area contributed by atoms with Gasteiger partial charge in [-0.25, -0.2) is 0 Å². The lowest BCUT2D eigenvalue weighted by Crippen LogP contribution is -2.28. The van der Waals surface area contributed by atoms with E-state index >= 15 is 0 Å². The summed E-state index contributed by atoms with van der Waals surface area (Å²) in [5.74, 6) is -0.566. The Bertz CT molecular complexity index is 1460. The van der Waals surface area contributed by atoms with E-state index in [4.69, 9.17) is 9.47 Å². The van der Waals surface area contributed by atoms with E-state index in [1.165, 1.54) is 334 Å². The van der Waals surface area contributed by atoms with Crippen LogP contribution in [0.2, 0.25) is 0 Å². The zero-order valence-corrected chi connectivity index (χ0v) is 58.1. The summed E-state index contributed by atoms with van der Waals surface area (Å²) in [5, 5.41) is 9.72. The lowest BCUT2D eigenvalue weighted by molar-refractivity contribution is -0.161. The molecule has 0 aliphatic heterocycles. The number of esters is 2. The van der Waals surface area contributed by atoms with E-state index in [0.717, 1.165) is 64.2 Å². The summed E-state index contributed by atoms with van der Waals surface area (Å²) in [6.45, 7) is 4.09. The minimum Gasteiger partial charge on any atom is -0.462 e. The highest BCUT2D eigenvalue weighted by molar-refractivity contribution is 5.70. The van der Waals surface area contributed by atoms with Crippen LogP contribution < -0.4 is 0 Å². The van der Waals surface area contributed by atoms with Crippen LogP contribution in [0.15, 0.2) is 60.8 Å². The fourth-order valence-corrected chi connectivity index (χ4v) is 12.1. The predicted molar refractivity (Wildman–Crippen MR) is 380 cm³/mol. The minimum atomic E-state index is -0.772. The van der Waals surface area contributed by atoms with Crippen LogP contribution in [-0.4, -0.2) is 36.4 Å². The predicted octanol–water partition coefficient (Wildman–Crippen LogP) is 27.2. The quantitative estimate of drug-likeness (QED) is 0.0373. The van der Waals surface area contributed by atoms with Crippen molar-refractivity contribution in [2.45, 2.75) is 431 Å². The summed E-state index contributed by atoms with van der Waals surface area (Å²) < 4.78 is 10.8. The van der Waals surface area contributed by atoms with Crippen LogP contribution in [0, 0.1) is 0 Å². The molecule has 1 atom stereocenters. The maximum Gasteiger partial charge on any atom is 0.306 e. The lowest BCUT2D eigenvalue weighted by atomic mass is 10.0. The number of rotatable bonds is 73. The first kappa shape index (κ1) is 83.6. The minimum absolute atomic E-state index is 0.0601. The van der Waals surface area contributed by atoms with E-state index in [1.54, 1.807) is 0 Å². The largest absolute Gasteiger partial charge is 0.462 e. The van der Waals surface area contributed by atoms with Gasteiger partial charge in [-0.1, -0.05) is 415 Å². The molecule has 0 bridgehead atoms. The summed E-state index contributed by atoms with van der Waals surface area (Å²) in [5.41, 5.74) is 0. The number of hydrogen-bond donors (Lipinski definition) is 1. The lowest BCUT2D eigenvalue weighted by Gasteiger charge is -2.15. The zero-order valence-electron chi connectivity index (χ0n) is 58.1. The summed E-state index contributed by atoms with van der Waals surface area (Å²) in [6.07, 6.45) is 106.